The standard InChI is InChI=1S/C22H27N3O2/c1-24-12-14-25(15-13-24)17-18-6-5-8-20(16-18)23-22(26)11-10-19-7-3-4-9-21(19)27-2/h3-11,16H,12-15,17H2,1-2H3,(H,23,26)/b11-10+. The molecule has 1 amide bonds. The maximum absolute atomic E-state index is 12.3. The van der Waals surface area contributed by atoms with E-state index in [1.807, 2.05) is 42.5 Å². The Morgan fingerprint density at radius 2 is 1.89 bits per heavy atom. The van der Waals surface area contributed by atoms with Gasteiger partial charge in [-0.3, -0.25) is 9.69 Å². The number of carbonyl (C=O) groups is 1. The molecule has 0 radical (unpaired) electrons. The van der Waals surface area contributed by atoms with Crippen LogP contribution in [0.25, 0.3) is 6.08 Å². The van der Waals surface area contributed by atoms with Gasteiger partial charge < -0.3 is 15.0 Å². The maximum atomic E-state index is 12.3. The van der Waals surface area contributed by atoms with Crippen molar-refractivity contribution in [2.75, 3.05) is 45.7 Å². The number of piperazine rings is 1. The minimum Gasteiger partial charge on any atom is -0.496 e. The van der Waals surface area contributed by atoms with Gasteiger partial charge in [0.05, 0.1) is 7.11 Å². The quantitative estimate of drug-likeness (QED) is 0.799. The van der Waals surface area contributed by atoms with Crippen molar-refractivity contribution < 1.29 is 9.53 Å². The van der Waals surface area contributed by atoms with Crippen LogP contribution < -0.4 is 10.1 Å². The average molecular weight is 365 g/mol. The van der Waals surface area contributed by atoms with E-state index in [4.69, 9.17) is 4.74 Å². The van der Waals surface area contributed by atoms with Crippen LogP contribution in [0.4, 0.5) is 5.69 Å². The third-order valence-corrected chi connectivity index (χ3v) is 4.75. The van der Waals surface area contributed by atoms with Crippen molar-refractivity contribution in [3.8, 4) is 5.75 Å². The molecular formula is C22H27N3O2. The molecule has 1 N–H and O–H groups in total. The minimum absolute atomic E-state index is 0.155. The second kappa shape index (κ2) is 9.35. The molecule has 0 spiro atoms. The summed E-state index contributed by atoms with van der Waals surface area (Å²) in [6.45, 7) is 5.27. The highest BCUT2D eigenvalue weighted by Crippen LogP contribution is 2.19. The molecule has 27 heavy (non-hydrogen) atoms. The summed E-state index contributed by atoms with van der Waals surface area (Å²) in [7, 11) is 3.78. The molecule has 142 valence electrons. The Morgan fingerprint density at radius 3 is 2.67 bits per heavy atom. The summed E-state index contributed by atoms with van der Waals surface area (Å²) in [6.07, 6.45) is 3.30. The third kappa shape index (κ3) is 5.67. The first kappa shape index (κ1) is 19.1. The van der Waals surface area contributed by atoms with E-state index in [0.717, 1.165) is 49.7 Å². The first-order valence-corrected chi connectivity index (χ1v) is 9.26. The highest BCUT2D eigenvalue weighted by molar-refractivity contribution is 6.02. The summed E-state index contributed by atoms with van der Waals surface area (Å²) in [4.78, 5) is 17.1. The van der Waals surface area contributed by atoms with Gasteiger partial charge in [-0.05, 0) is 36.9 Å². The number of anilines is 1. The van der Waals surface area contributed by atoms with Crippen LogP contribution in [0.5, 0.6) is 5.75 Å². The van der Waals surface area contributed by atoms with E-state index >= 15 is 0 Å². The zero-order valence-electron chi connectivity index (χ0n) is 16.0. The number of rotatable bonds is 6. The molecule has 0 aromatic heterocycles. The number of nitrogens with zero attached hydrogens (tertiary/aromatic N) is 2. The molecule has 1 heterocycles. The Bertz CT molecular complexity index is 796. The van der Waals surface area contributed by atoms with Crippen LogP contribution in [0.2, 0.25) is 0 Å². The molecule has 5 nitrogen and oxygen atoms in total. The van der Waals surface area contributed by atoms with Crippen molar-refractivity contribution >= 4 is 17.7 Å². The van der Waals surface area contributed by atoms with Crippen LogP contribution in [0.3, 0.4) is 0 Å². The monoisotopic (exact) mass is 365 g/mol. The number of likely N-dealkylation sites (N-methyl/N-ethyl adjacent to an activating group) is 1. The zero-order chi connectivity index (χ0) is 19.1. The lowest BCUT2D eigenvalue weighted by molar-refractivity contribution is -0.111. The topological polar surface area (TPSA) is 44.8 Å². The molecular weight excluding hydrogens is 338 g/mol. The highest BCUT2D eigenvalue weighted by Gasteiger charge is 2.14. The van der Waals surface area contributed by atoms with Gasteiger partial charge in [0.2, 0.25) is 5.91 Å². The second-order valence-electron chi connectivity index (χ2n) is 6.84. The molecule has 0 saturated carbocycles. The Hall–Kier alpha value is -2.63. The van der Waals surface area contributed by atoms with Crippen molar-refractivity contribution in [3.05, 3.63) is 65.7 Å². The van der Waals surface area contributed by atoms with Gasteiger partial charge in [-0.25, -0.2) is 0 Å². The van der Waals surface area contributed by atoms with E-state index in [-0.39, 0.29) is 5.91 Å². The number of para-hydroxylation sites is 1. The van der Waals surface area contributed by atoms with Crippen molar-refractivity contribution in [1.82, 2.24) is 9.80 Å². The predicted octanol–water partition coefficient (Wildman–Crippen LogP) is 3.09. The lowest BCUT2D eigenvalue weighted by Gasteiger charge is -2.32. The second-order valence-corrected chi connectivity index (χ2v) is 6.84. The van der Waals surface area contributed by atoms with E-state index in [1.165, 1.54) is 11.6 Å². The summed E-state index contributed by atoms with van der Waals surface area (Å²) in [5.41, 5.74) is 2.90. The van der Waals surface area contributed by atoms with Crippen molar-refractivity contribution in [2.45, 2.75) is 6.54 Å². The molecule has 3 rings (SSSR count). The van der Waals surface area contributed by atoms with Gasteiger partial charge in [0.1, 0.15) is 5.75 Å². The van der Waals surface area contributed by atoms with Crippen LogP contribution >= 0.6 is 0 Å². The van der Waals surface area contributed by atoms with E-state index in [1.54, 1.807) is 13.2 Å². The summed E-state index contributed by atoms with van der Waals surface area (Å²) in [5.74, 6) is 0.591. The number of nitrogens with one attached hydrogen (secondary N) is 1. The van der Waals surface area contributed by atoms with Gasteiger partial charge in [0.25, 0.3) is 0 Å². The van der Waals surface area contributed by atoms with Crippen molar-refractivity contribution in [2.24, 2.45) is 0 Å². The van der Waals surface area contributed by atoms with Crippen LogP contribution in [0.1, 0.15) is 11.1 Å². The number of hydrogen-bond donors (Lipinski definition) is 1. The van der Waals surface area contributed by atoms with Crippen molar-refractivity contribution in [1.29, 1.82) is 0 Å². The van der Waals surface area contributed by atoms with Crippen LogP contribution in [0.15, 0.2) is 54.6 Å². The van der Waals surface area contributed by atoms with E-state index < -0.39 is 0 Å². The average Bonchev–Trinajstić information content (AvgIpc) is 2.69. The molecule has 1 aliphatic rings. The Labute approximate surface area is 161 Å². The first-order chi connectivity index (χ1) is 13.1. The maximum Gasteiger partial charge on any atom is 0.248 e. The molecule has 0 aliphatic carbocycles. The smallest absolute Gasteiger partial charge is 0.248 e. The number of amides is 1. The van der Waals surface area contributed by atoms with Gasteiger partial charge >= 0.3 is 0 Å². The van der Waals surface area contributed by atoms with Gasteiger partial charge in [0, 0.05) is 50.1 Å². The Morgan fingerprint density at radius 1 is 1.11 bits per heavy atom. The van der Waals surface area contributed by atoms with Crippen molar-refractivity contribution in [3.63, 3.8) is 0 Å². The number of hydrogen-bond acceptors (Lipinski definition) is 4. The van der Waals surface area contributed by atoms with E-state index in [2.05, 4.69) is 28.2 Å². The normalized spacial score (nSPS) is 15.8. The van der Waals surface area contributed by atoms with Crippen LogP contribution in [0, 0.1) is 0 Å². The van der Waals surface area contributed by atoms with Gasteiger partial charge in [0.15, 0.2) is 0 Å². The fraction of sp³-hybridized carbons (Fsp3) is 0.318. The van der Waals surface area contributed by atoms with Gasteiger partial charge in [-0.1, -0.05) is 30.3 Å². The Kier molecular flexibility index (Phi) is 6.63. The number of ether oxygens (including phenoxy) is 1. The lowest BCUT2D eigenvalue weighted by atomic mass is 10.1. The third-order valence-electron chi connectivity index (χ3n) is 4.75. The molecule has 1 fully saturated rings. The fourth-order valence-corrected chi connectivity index (χ4v) is 3.17. The highest BCUT2D eigenvalue weighted by atomic mass is 16.5. The molecule has 2 aromatic rings. The minimum atomic E-state index is -0.155. The molecule has 2 aromatic carbocycles. The lowest BCUT2D eigenvalue weighted by Crippen LogP contribution is -2.43. The van der Waals surface area contributed by atoms with E-state index in [9.17, 15) is 4.79 Å². The Balaban J connectivity index is 1.58. The SMILES string of the molecule is COc1ccccc1/C=C/C(=O)Nc1cccc(CN2CCN(C)CC2)c1. The number of benzene rings is 2. The molecule has 1 aliphatic heterocycles. The van der Waals surface area contributed by atoms with E-state index in [0.29, 0.717) is 0 Å². The predicted molar refractivity (Wildman–Crippen MR) is 110 cm³/mol. The molecule has 0 unspecified atom stereocenters. The van der Waals surface area contributed by atoms with Gasteiger partial charge in [-0.15, -0.1) is 0 Å². The van der Waals surface area contributed by atoms with Crippen LogP contribution in [-0.2, 0) is 11.3 Å². The van der Waals surface area contributed by atoms with Gasteiger partial charge in [-0.2, -0.15) is 0 Å². The fourth-order valence-electron chi connectivity index (χ4n) is 3.17. The molecule has 1 saturated heterocycles. The number of carbonyl (C=O) groups excluding carboxylic acids is 1. The number of methoxy groups -OCH3 is 1. The molecule has 0 atom stereocenters. The molecule has 0 bridgehead atoms. The zero-order valence-corrected chi connectivity index (χ0v) is 16.0. The summed E-state index contributed by atoms with van der Waals surface area (Å²) >= 11 is 0. The van der Waals surface area contributed by atoms with Crippen LogP contribution in [-0.4, -0.2) is 56.0 Å². The first-order valence-electron chi connectivity index (χ1n) is 9.26. The molecule has 5 heteroatoms. The largest absolute Gasteiger partial charge is 0.496 e. The summed E-state index contributed by atoms with van der Waals surface area (Å²) in [6, 6.07) is 15.7. The summed E-state index contributed by atoms with van der Waals surface area (Å²) in [5, 5.41) is 2.94. The summed E-state index contributed by atoms with van der Waals surface area (Å²) < 4.78 is 5.30.